The predicted octanol–water partition coefficient (Wildman–Crippen LogP) is 4.38. The van der Waals surface area contributed by atoms with Crippen LogP contribution in [0.2, 0.25) is 0 Å². The minimum absolute atomic E-state index is 0.0330. The monoisotopic (exact) mass is 376 g/mol. The number of benzene rings is 2. The number of hydrogen-bond acceptors (Lipinski definition) is 4. The van der Waals surface area contributed by atoms with Gasteiger partial charge in [0.2, 0.25) is 5.91 Å². The molecule has 28 heavy (non-hydrogen) atoms. The first-order valence-corrected chi connectivity index (χ1v) is 9.58. The number of nitrogens with zero attached hydrogens (tertiary/aromatic N) is 2. The maximum absolute atomic E-state index is 13.5. The van der Waals surface area contributed by atoms with Crippen LogP contribution >= 0.6 is 0 Å². The summed E-state index contributed by atoms with van der Waals surface area (Å²) >= 11 is 0. The van der Waals surface area contributed by atoms with E-state index in [-0.39, 0.29) is 18.4 Å². The summed E-state index contributed by atoms with van der Waals surface area (Å²) in [5.41, 5.74) is 2.51. The maximum Gasteiger partial charge on any atom is 0.232 e. The van der Waals surface area contributed by atoms with Gasteiger partial charge in [0, 0.05) is 23.2 Å². The summed E-state index contributed by atoms with van der Waals surface area (Å²) in [5, 5.41) is 1.03. The highest BCUT2D eigenvalue weighted by Gasteiger charge is 2.32. The molecule has 1 heterocycles. The van der Waals surface area contributed by atoms with Crippen molar-refractivity contribution in [3.05, 3.63) is 60.3 Å². The standard InChI is InChI=1S/C23H24N2O3/c1-27-20-12-5-13-21(28-2)18(20)15-22(26)25(17-9-4-10-17)19-11-3-7-16-8-6-14-24-23(16)19/h3,5-8,11-14,17H,4,9-10,15H2,1-2H3. The van der Waals surface area contributed by atoms with E-state index in [0.717, 1.165) is 41.4 Å². The molecule has 0 aliphatic heterocycles. The van der Waals surface area contributed by atoms with Crippen molar-refractivity contribution in [2.75, 3.05) is 19.1 Å². The smallest absolute Gasteiger partial charge is 0.232 e. The van der Waals surface area contributed by atoms with Gasteiger partial charge in [0.05, 0.1) is 31.8 Å². The molecule has 1 amide bonds. The Bertz CT molecular complexity index is 971. The third-order valence-corrected chi connectivity index (χ3v) is 5.44. The van der Waals surface area contributed by atoms with Gasteiger partial charge < -0.3 is 14.4 Å². The number of aromatic nitrogens is 1. The summed E-state index contributed by atoms with van der Waals surface area (Å²) in [4.78, 5) is 20.0. The molecule has 2 aromatic carbocycles. The van der Waals surface area contributed by atoms with Crippen molar-refractivity contribution >= 4 is 22.5 Å². The molecule has 3 aromatic rings. The summed E-state index contributed by atoms with van der Waals surface area (Å²) in [5.74, 6) is 1.36. The van der Waals surface area contributed by atoms with Gasteiger partial charge >= 0.3 is 0 Å². The summed E-state index contributed by atoms with van der Waals surface area (Å²) < 4.78 is 11.0. The van der Waals surface area contributed by atoms with Gasteiger partial charge in [0.1, 0.15) is 11.5 Å². The lowest BCUT2D eigenvalue weighted by molar-refractivity contribution is -0.118. The number of anilines is 1. The first-order valence-electron chi connectivity index (χ1n) is 9.58. The van der Waals surface area contributed by atoms with Crippen molar-refractivity contribution in [2.45, 2.75) is 31.7 Å². The van der Waals surface area contributed by atoms with Crippen LogP contribution in [-0.2, 0) is 11.2 Å². The molecule has 0 spiro atoms. The van der Waals surface area contributed by atoms with Crippen LogP contribution < -0.4 is 14.4 Å². The van der Waals surface area contributed by atoms with Gasteiger partial charge in [-0.2, -0.15) is 0 Å². The molecule has 1 aromatic heterocycles. The summed E-state index contributed by atoms with van der Waals surface area (Å²) in [7, 11) is 3.22. The molecule has 0 atom stereocenters. The average molecular weight is 376 g/mol. The van der Waals surface area contributed by atoms with Crippen molar-refractivity contribution in [2.24, 2.45) is 0 Å². The Kier molecular flexibility index (Phi) is 5.15. The Morgan fingerprint density at radius 3 is 2.36 bits per heavy atom. The Morgan fingerprint density at radius 2 is 1.71 bits per heavy atom. The van der Waals surface area contributed by atoms with Gasteiger partial charge in [0.15, 0.2) is 0 Å². The number of rotatable bonds is 6. The van der Waals surface area contributed by atoms with Crippen LogP contribution in [-0.4, -0.2) is 31.2 Å². The highest BCUT2D eigenvalue weighted by Crippen LogP contribution is 2.35. The molecule has 1 aliphatic carbocycles. The molecule has 1 saturated carbocycles. The fraction of sp³-hybridized carbons (Fsp3) is 0.304. The third-order valence-electron chi connectivity index (χ3n) is 5.44. The maximum atomic E-state index is 13.5. The van der Waals surface area contributed by atoms with Crippen LogP contribution in [0, 0.1) is 0 Å². The average Bonchev–Trinajstić information content (AvgIpc) is 2.70. The summed E-state index contributed by atoms with van der Waals surface area (Å²) in [6, 6.07) is 15.7. The van der Waals surface area contributed by atoms with Gasteiger partial charge in [-0.1, -0.05) is 24.3 Å². The first kappa shape index (κ1) is 18.3. The highest BCUT2D eigenvalue weighted by molar-refractivity contribution is 6.03. The second kappa shape index (κ2) is 7.89. The number of amides is 1. The Balaban J connectivity index is 1.74. The zero-order chi connectivity index (χ0) is 19.5. The third kappa shape index (κ3) is 3.28. The predicted molar refractivity (Wildman–Crippen MR) is 110 cm³/mol. The van der Waals surface area contributed by atoms with E-state index < -0.39 is 0 Å². The second-order valence-electron chi connectivity index (χ2n) is 7.02. The van der Waals surface area contributed by atoms with Crippen LogP contribution in [0.15, 0.2) is 54.7 Å². The van der Waals surface area contributed by atoms with Crippen LogP contribution in [0.4, 0.5) is 5.69 Å². The van der Waals surface area contributed by atoms with Crippen molar-refractivity contribution in [3.63, 3.8) is 0 Å². The highest BCUT2D eigenvalue weighted by atomic mass is 16.5. The molecular formula is C23H24N2O3. The number of para-hydroxylation sites is 1. The Hall–Kier alpha value is -3.08. The van der Waals surface area contributed by atoms with E-state index in [4.69, 9.17) is 9.47 Å². The number of pyridine rings is 1. The molecule has 5 heteroatoms. The number of carbonyl (C=O) groups is 1. The summed E-state index contributed by atoms with van der Waals surface area (Å²) in [6.45, 7) is 0. The SMILES string of the molecule is COc1cccc(OC)c1CC(=O)N(c1cccc2cccnc12)C1CCC1. The zero-order valence-electron chi connectivity index (χ0n) is 16.2. The van der Waals surface area contributed by atoms with Crippen LogP contribution in [0.3, 0.4) is 0 Å². The first-order chi connectivity index (χ1) is 13.7. The second-order valence-corrected chi connectivity index (χ2v) is 7.02. The minimum Gasteiger partial charge on any atom is -0.496 e. The lowest BCUT2D eigenvalue weighted by Crippen LogP contribution is -2.45. The van der Waals surface area contributed by atoms with E-state index in [2.05, 4.69) is 4.98 Å². The Labute approximate surface area is 164 Å². The number of fused-ring (bicyclic) bond motifs is 1. The van der Waals surface area contributed by atoms with E-state index in [1.54, 1.807) is 20.4 Å². The largest absolute Gasteiger partial charge is 0.496 e. The van der Waals surface area contributed by atoms with Gasteiger partial charge in [-0.05, 0) is 43.5 Å². The van der Waals surface area contributed by atoms with Crippen molar-refractivity contribution in [1.82, 2.24) is 4.98 Å². The zero-order valence-corrected chi connectivity index (χ0v) is 16.2. The normalized spacial score (nSPS) is 13.8. The van der Waals surface area contributed by atoms with Gasteiger partial charge in [-0.3, -0.25) is 9.78 Å². The molecule has 4 rings (SSSR count). The number of methoxy groups -OCH3 is 2. The lowest BCUT2D eigenvalue weighted by atomic mass is 9.90. The van der Waals surface area contributed by atoms with E-state index in [9.17, 15) is 4.79 Å². The van der Waals surface area contributed by atoms with Crippen LogP contribution in [0.5, 0.6) is 11.5 Å². The molecule has 0 unspecified atom stereocenters. The van der Waals surface area contributed by atoms with Crippen molar-refractivity contribution in [1.29, 1.82) is 0 Å². The number of ether oxygens (including phenoxy) is 2. The molecule has 144 valence electrons. The minimum atomic E-state index is 0.0330. The fourth-order valence-corrected chi connectivity index (χ4v) is 3.80. The molecule has 1 fully saturated rings. The molecule has 0 bridgehead atoms. The molecule has 0 N–H and O–H groups in total. The van der Waals surface area contributed by atoms with Crippen LogP contribution in [0.1, 0.15) is 24.8 Å². The molecule has 5 nitrogen and oxygen atoms in total. The molecular weight excluding hydrogens is 352 g/mol. The number of carbonyl (C=O) groups excluding carboxylic acids is 1. The van der Waals surface area contributed by atoms with Crippen molar-refractivity contribution < 1.29 is 14.3 Å². The van der Waals surface area contributed by atoms with Gasteiger partial charge in [-0.25, -0.2) is 0 Å². The van der Waals surface area contributed by atoms with E-state index in [1.165, 1.54) is 0 Å². The lowest BCUT2D eigenvalue weighted by Gasteiger charge is -2.38. The van der Waals surface area contributed by atoms with E-state index >= 15 is 0 Å². The van der Waals surface area contributed by atoms with Crippen LogP contribution in [0.25, 0.3) is 10.9 Å². The van der Waals surface area contributed by atoms with Crippen molar-refractivity contribution in [3.8, 4) is 11.5 Å². The molecule has 1 aliphatic rings. The van der Waals surface area contributed by atoms with Gasteiger partial charge in [0.25, 0.3) is 0 Å². The van der Waals surface area contributed by atoms with E-state index in [1.807, 2.05) is 53.4 Å². The van der Waals surface area contributed by atoms with Gasteiger partial charge in [-0.15, -0.1) is 0 Å². The quantitative estimate of drug-likeness (QED) is 0.641. The molecule has 0 radical (unpaired) electrons. The van der Waals surface area contributed by atoms with E-state index in [0.29, 0.717) is 11.5 Å². The fourth-order valence-electron chi connectivity index (χ4n) is 3.80. The topological polar surface area (TPSA) is 51.7 Å². The molecule has 0 saturated heterocycles. The number of hydrogen-bond donors (Lipinski definition) is 0. The summed E-state index contributed by atoms with van der Waals surface area (Å²) in [6.07, 6.45) is 5.16. The Morgan fingerprint density at radius 1 is 1.04 bits per heavy atom.